The highest BCUT2D eigenvalue weighted by molar-refractivity contribution is 5.79. The van der Waals surface area contributed by atoms with Gasteiger partial charge in [-0.2, -0.15) is 0 Å². The first kappa shape index (κ1) is 21.2. The smallest absolute Gasteiger partial charge is 0.224 e. The van der Waals surface area contributed by atoms with Crippen molar-refractivity contribution < 1.29 is 14.6 Å². The van der Waals surface area contributed by atoms with Crippen molar-refractivity contribution >= 4 is 5.91 Å². The normalized spacial score (nSPS) is 10.5. The second-order valence-electron chi connectivity index (χ2n) is 7.63. The van der Waals surface area contributed by atoms with Gasteiger partial charge in [-0.05, 0) is 39.9 Å². The van der Waals surface area contributed by atoms with E-state index in [9.17, 15) is 9.90 Å². The van der Waals surface area contributed by atoms with Gasteiger partial charge in [0.1, 0.15) is 18.1 Å². The van der Waals surface area contributed by atoms with Gasteiger partial charge in [0.2, 0.25) is 5.91 Å². The van der Waals surface area contributed by atoms with Gasteiger partial charge >= 0.3 is 0 Å². The minimum Gasteiger partial charge on any atom is -0.508 e. The lowest BCUT2D eigenvalue weighted by molar-refractivity contribution is -0.120. The highest BCUT2D eigenvalue weighted by atomic mass is 16.5. The molecule has 4 rings (SSSR count). The van der Waals surface area contributed by atoms with E-state index in [1.807, 2.05) is 78.9 Å². The summed E-state index contributed by atoms with van der Waals surface area (Å²) < 4.78 is 5.79. The fourth-order valence-electron chi connectivity index (χ4n) is 3.46. The Balaban J connectivity index is 1.31. The maximum Gasteiger partial charge on any atom is 0.224 e. The van der Waals surface area contributed by atoms with Gasteiger partial charge < -0.3 is 15.2 Å². The number of nitrogens with one attached hydrogen (secondary N) is 1. The van der Waals surface area contributed by atoms with Gasteiger partial charge in [-0.1, -0.05) is 84.9 Å². The summed E-state index contributed by atoms with van der Waals surface area (Å²) in [7, 11) is 0. The van der Waals surface area contributed by atoms with Crippen LogP contribution in [0.15, 0.2) is 103 Å². The Labute approximate surface area is 188 Å². The fraction of sp³-hybridized carbons (Fsp3) is 0.107. The molecular formula is C28H25NO3. The van der Waals surface area contributed by atoms with Crippen molar-refractivity contribution in [1.82, 2.24) is 5.32 Å². The molecule has 0 radical (unpaired) electrons. The predicted octanol–water partition coefficient (Wildman–Crippen LogP) is 5.50. The third kappa shape index (κ3) is 5.99. The monoisotopic (exact) mass is 423 g/mol. The molecule has 0 aromatic heterocycles. The largest absolute Gasteiger partial charge is 0.508 e. The van der Waals surface area contributed by atoms with Crippen LogP contribution in [0, 0.1) is 0 Å². The van der Waals surface area contributed by atoms with Crippen molar-refractivity contribution in [3.05, 3.63) is 120 Å². The highest BCUT2D eigenvalue weighted by Crippen LogP contribution is 2.23. The molecule has 0 bridgehead atoms. The lowest BCUT2D eigenvalue weighted by atomic mass is 10.0. The molecular weight excluding hydrogens is 398 g/mol. The molecule has 0 spiro atoms. The molecule has 0 aliphatic rings. The van der Waals surface area contributed by atoms with E-state index in [1.54, 1.807) is 12.1 Å². The van der Waals surface area contributed by atoms with Gasteiger partial charge in [-0.15, -0.1) is 0 Å². The molecule has 0 unspecified atom stereocenters. The van der Waals surface area contributed by atoms with Gasteiger partial charge in [0.15, 0.2) is 0 Å². The maximum atomic E-state index is 12.4. The molecule has 0 fully saturated rings. The van der Waals surface area contributed by atoms with Gasteiger partial charge in [0.25, 0.3) is 0 Å². The standard InChI is InChI=1S/C28H25NO3/c30-26-15-23(16-27(18-26)32-20-22-7-3-1-4-8-22)19-29-28(31)17-21-11-13-25(14-12-21)24-9-5-2-6-10-24/h1-16,18,30H,17,19-20H2,(H,29,31). The van der Waals surface area contributed by atoms with Crippen LogP contribution in [0.1, 0.15) is 16.7 Å². The topological polar surface area (TPSA) is 58.6 Å². The Morgan fingerprint density at radius 3 is 2.09 bits per heavy atom. The van der Waals surface area contributed by atoms with Crippen LogP contribution in [-0.4, -0.2) is 11.0 Å². The average Bonchev–Trinajstić information content (AvgIpc) is 2.83. The Morgan fingerprint density at radius 2 is 1.38 bits per heavy atom. The molecule has 1 amide bonds. The summed E-state index contributed by atoms with van der Waals surface area (Å²) in [5.41, 5.74) is 5.05. The van der Waals surface area contributed by atoms with Crippen LogP contribution < -0.4 is 10.1 Å². The van der Waals surface area contributed by atoms with Crippen LogP contribution in [0.5, 0.6) is 11.5 Å². The van der Waals surface area contributed by atoms with E-state index in [4.69, 9.17) is 4.74 Å². The third-order valence-corrected chi connectivity index (χ3v) is 5.11. The fourth-order valence-corrected chi connectivity index (χ4v) is 3.46. The number of carbonyl (C=O) groups excluding carboxylic acids is 1. The lowest BCUT2D eigenvalue weighted by Crippen LogP contribution is -2.24. The van der Waals surface area contributed by atoms with Crippen molar-refractivity contribution in [3.8, 4) is 22.6 Å². The number of ether oxygens (including phenoxy) is 1. The number of carbonyl (C=O) groups is 1. The van der Waals surface area contributed by atoms with Crippen LogP contribution in [0.3, 0.4) is 0 Å². The van der Waals surface area contributed by atoms with Crippen LogP contribution in [0.4, 0.5) is 0 Å². The number of hydrogen-bond acceptors (Lipinski definition) is 3. The second-order valence-corrected chi connectivity index (χ2v) is 7.63. The second kappa shape index (κ2) is 10.3. The minimum absolute atomic E-state index is 0.0763. The summed E-state index contributed by atoms with van der Waals surface area (Å²) >= 11 is 0. The van der Waals surface area contributed by atoms with Gasteiger partial charge in [-0.25, -0.2) is 0 Å². The zero-order chi connectivity index (χ0) is 22.2. The van der Waals surface area contributed by atoms with Crippen LogP contribution >= 0.6 is 0 Å². The first-order valence-electron chi connectivity index (χ1n) is 10.6. The lowest BCUT2D eigenvalue weighted by Gasteiger charge is -2.11. The van der Waals surface area contributed by atoms with E-state index in [0.717, 1.165) is 27.8 Å². The van der Waals surface area contributed by atoms with Crippen LogP contribution in [-0.2, 0) is 24.4 Å². The molecule has 32 heavy (non-hydrogen) atoms. The van der Waals surface area contributed by atoms with Gasteiger partial charge in [0.05, 0.1) is 6.42 Å². The Bertz CT molecular complexity index is 1160. The number of hydrogen-bond donors (Lipinski definition) is 2. The van der Waals surface area contributed by atoms with Crippen LogP contribution in [0.2, 0.25) is 0 Å². The summed E-state index contributed by atoms with van der Waals surface area (Å²) in [4.78, 5) is 12.4. The minimum atomic E-state index is -0.0763. The van der Waals surface area contributed by atoms with E-state index in [0.29, 0.717) is 25.3 Å². The summed E-state index contributed by atoms with van der Waals surface area (Å²) in [6, 6.07) is 33.0. The molecule has 160 valence electrons. The zero-order valence-corrected chi connectivity index (χ0v) is 17.7. The van der Waals surface area contributed by atoms with Crippen LogP contribution in [0.25, 0.3) is 11.1 Å². The molecule has 0 saturated heterocycles. The number of amides is 1. The molecule has 0 saturated carbocycles. The van der Waals surface area contributed by atoms with Crippen molar-refractivity contribution in [2.45, 2.75) is 19.6 Å². The number of phenolic OH excluding ortho intramolecular Hbond substituents is 1. The summed E-state index contributed by atoms with van der Waals surface area (Å²) in [6.07, 6.45) is 0.297. The van der Waals surface area contributed by atoms with E-state index in [1.165, 1.54) is 0 Å². The predicted molar refractivity (Wildman–Crippen MR) is 126 cm³/mol. The van der Waals surface area contributed by atoms with E-state index >= 15 is 0 Å². The van der Waals surface area contributed by atoms with Gasteiger partial charge in [0, 0.05) is 12.6 Å². The van der Waals surface area contributed by atoms with Crippen molar-refractivity contribution in [2.75, 3.05) is 0 Å². The molecule has 4 aromatic carbocycles. The number of phenols is 1. The Kier molecular flexibility index (Phi) is 6.83. The van der Waals surface area contributed by atoms with Gasteiger partial charge in [-0.3, -0.25) is 4.79 Å². The van der Waals surface area contributed by atoms with E-state index in [-0.39, 0.29) is 11.7 Å². The molecule has 4 nitrogen and oxygen atoms in total. The summed E-state index contributed by atoms with van der Waals surface area (Å²) in [6.45, 7) is 0.728. The summed E-state index contributed by atoms with van der Waals surface area (Å²) in [5.74, 6) is 0.596. The number of benzene rings is 4. The SMILES string of the molecule is O=C(Cc1ccc(-c2ccccc2)cc1)NCc1cc(O)cc(OCc2ccccc2)c1. The molecule has 0 atom stereocenters. The molecule has 0 heterocycles. The molecule has 0 aliphatic heterocycles. The van der Waals surface area contributed by atoms with E-state index < -0.39 is 0 Å². The average molecular weight is 424 g/mol. The molecule has 4 heteroatoms. The van der Waals surface area contributed by atoms with Crippen molar-refractivity contribution in [1.29, 1.82) is 0 Å². The molecule has 4 aromatic rings. The quantitative estimate of drug-likeness (QED) is 0.394. The Morgan fingerprint density at radius 1 is 0.719 bits per heavy atom. The highest BCUT2D eigenvalue weighted by Gasteiger charge is 2.07. The summed E-state index contributed by atoms with van der Waals surface area (Å²) in [5, 5.41) is 12.9. The number of rotatable bonds is 8. The van der Waals surface area contributed by atoms with Crippen molar-refractivity contribution in [3.63, 3.8) is 0 Å². The third-order valence-electron chi connectivity index (χ3n) is 5.11. The molecule has 2 N–H and O–H groups in total. The van der Waals surface area contributed by atoms with E-state index in [2.05, 4.69) is 17.4 Å². The zero-order valence-electron chi connectivity index (χ0n) is 17.7. The molecule has 0 aliphatic carbocycles. The first-order chi connectivity index (χ1) is 15.7. The first-order valence-corrected chi connectivity index (χ1v) is 10.6. The van der Waals surface area contributed by atoms with Crippen molar-refractivity contribution in [2.24, 2.45) is 0 Å². The Hall–Kier alpha value is -4.05. The maximum absolute atomic E-state index is 12.4. The number of aromatic hydroxyl groups is 1.